The molecule has 11 heteroatoms. The second-order valence-corrected chi connectivity index (χ2v) is 12.2. The summed E-state index contributed by atoms with van der Waals surface area (Å²) in [5.74, 6) is -9.66. The fourth-order valence-electron chi connectivity index (χ4n) is 7.12. The third kappa shape index (κ3) is 4.51. The van der Waals surface area contributed by atoms with Gasteiger partial charge in [-0.25, -0.2) is 0 Å². The fraction of sp³-hybridized carbons (Fsp3) is 0.333. The topological polar surface area (TPSA) is 184 Å². The summed E-state index contributed by atoms with van der Waals surface area (Å²) in [7, 11) is 0. The molecule has 0 spiro atoms. The Hall–Kier alpha value is -4.41. The van der Waals surface area contributed by atoms with Crippen LogP contribution in [-0.2, 0) is 23.9 Å². The average molecular weight is 620 g/mol. The third-order valence-electron chi connectivity index (χ3n) is 9.26. The molecule has 1 unspecified atom stereocenters. The number of aliphatic hydroxyl groups is 3. The number of aromatic hydroxyl groups is 1. The quantitative estimate of drug-likeness (QED) is 0.247. The number of halogens is 1. The number of carbonyl (C=O) groups excluding carboxylic acids is 4. The number of benzene rings is 2. The molecule has 6 rings (SSSR count). The summed E-state index contributed by atoms with van der Waals surface area (Å²) in [6, 6.07) is 11.2. The number of esters is 1. The first-order chi connectivity index (χ1) is 20.9. The Bertz CT molecular complexity index is 1700. The lowest BCUT2D eigenvalue weighted by Gasteiger charge is -2.50. The largest absolute Gasteiger partial charge is 0.508 e. The summed E-state index contributed by atoms with van der Waals surface area (Å²) in [6.45, 7) is 0. The van der Waals surface area contributed by atoms with E-state index >= 15 is 0 Å². The lowest BCUT2D eigenvalue weighted by atomic mass is 9.56. The van der Waals surface area contributed by atoms with Crippen molar-refractivity contribution in [1.82, 2.24) is 0 Å². The monoisotopic (exact) mass is 619 g/mol. The van der Waals surface area contributed by atoms with E-state index in [1.54, 1.807) is 42.5 Å². The Morgan fingerprint density at radius 3 is 2.34 bits per heavy atom. The molecule has 0 bridgehead atoms. The number of aliphatic hydroxyl groups excluding tert-OH is 2. The number of phenols is 1. The Labute approximate surface area is 257 Å². The first-order valence-corrected chi connectivity index (χ1v) is 14.8. The van der Waals surface area contributed by atoms with E-state index in [-0.39, 0.29) is 11.3 Å². The predicted octanol–water partition coefficient (Wildman–Crippen LogP) is 4.18. The van der Waals surface area contributed by atoms with Crippen molar-refractivity contribution in [2.75, 3.05) is 0 Å². The molecule has 4 aliphatic carbocycles. The van der Waals surface area contributed by atoms with Crippen LogP contribution in [0.4, 0.5) is 0 Å². The summed E-state index contributed by atoms with van der Waals surface area (Å²) in [5, 5.41) is 46.0. The first-order valence-electron chi connectivity index (χ1n) is 14.4. The molecule has 0 radical (unpaired) electrons. The molecule has 1 amide bonds. The van der Waals surface area contributed by atoms with Crippen LogP contribution in [0, 0.1) is 17.8 Å². The molecule has 2 aromatic rings. The molecule has 4 atom stereocenters. The summed E-state index contributed by atoms with van der Waals surface area (Å²) in [6.07, 6.45) is 3.28. The standard InChI is InChI=1S/C33H30ClNO9/c34-17-11-9-15(10-12-17)13-19-18-7-4-8-21(36)23(18)27(38)26-24(19)28(44-32(42)16-5-2-1-3-6-16)20-14-22(37)25(31(35)41)29(39)33(20,43)30(26)40/h4,7-13,16,20,24,28,36,38-39,43H,1-3,5-6,14H2,(H2,35,41)/b19-13+/t20-,24-,28?,33-/m1/s1. The Kier molecular flexibility index (Phi) is 7.37. The van der Waals surface area contributed by atoms with Crippen molar-refractivity contribution < 1.29 is 44.3 Å². The number of ether oxygens (including phenoxy) is 1. The van der Waals surface area contributed by atoms with Crippen LogP contribution in [0.25, 0.3) is 17.4 Å². The van der Waals surface area contributed by atoms with Gasteiger partial charge in [-0.05, 0) is 47.7 Å². The molecule has 228 valence electrons. The maximum Gasteiger partial charge on any atom is 0.309 e. The molecular formula is C33H30ClNO9. The fourth-order valence-corrected chi connectivity index (χ4v) is 7.24. The zero-order valence-electron chi connectivity index (χ0n) is 23.5. The van der Waals surface area contributed by atoms with Gasteiger partial charge in [-0.1, -0.05) is 61.2 Å². The highest BCUT2D eigenvalue weighted by Gasteiger charge is 2.66. The van der Waals surface area contributed by atoms with Crippen LogP contribution in [0.1, 0.15) is 55.2 Å². The van der Waals surface area contributed by atoms with Gasteiger partial charge in [0.2, 0.25) is 5.78 Å². The maximum absolute atomic E-state index is 14.3. The van der Waals surface area contributed by atoms with Gasteiger partial charge in [0, 0.05) is 17.4 Å². The van der Waals surface area contributed by atoms with Crippen molar-refractivity contribution in [3.8, 4) is 5.75 Å². The van der Waals surface area contributed by atoms with E-state index in [0.717, 1.165) is 19.3 Å². The smallest absolute Gasteiger partial charge is 0.309 e. The Balaban J connectivity index is 1.63. The number of rotatable bonds is 4. The third-order valence-corrected chi connectivity index (χ3v) is 9.51. The van der Waals surface area contributed by atoms with Crippen LogP contribution in [0.15, 0.2) is 59.4 Å². The average Bonchev–Trinajstić information content (AvgIpc) is 2.99. The minimum Gasteiger partial charge on any atom is -0.508 e. The van der Waals surface area contributed by atoms with Crippen LogP contribution in [0.5, 0.6) is 5.75 Å². The van der Waals surface area contributed by atoms with Gasteiger partial charge in [0.1, 0.15) is 28.9 Å². The molecule has 2 saturated carbocycles. The second kappa shape index (κ2) is 10.9. The van der Waals surface area contributed by atoms with Crippen LogP contribution in [0.3, 0.4) is 0 Å². The van der Waals surface area contributed by atoms with Crippen molar-refractivity contribution in [3.05, 3.63) is 81.1 Å². The molecule has 2 aromatic carbocycles. The minimum atomic E-state index is -2.94. The maximum atomic E-state index is 14.3. The van der Waals surface area contributed by atoms with Crippen molar-refractivity contribution in [2.24, 2.45) is 23.5 Å². The number of primary amides is 1. The number of hydrogen-bond donors (Lipinski definition) is 5. The molecule has 0 aromatic heterocycles. The van der Waals surface area contributed by atoms with E-state index in [1.165, 1.54) is 6.07 Å². The minimum absolute atomic E-state index is 0.114. The molecule has 44 heavy (non-hydrogen) atoms. The van der Waals surface area contributed by atoms with Gasteiger partial charge in [0.05, 0.1) is 23.0 Å². The molecule has 10 nitrogen and oxygen atoms in total. The van der Waals surface area contributed by atoms with Gasteiger partial charge in [-0.15, -0.1) is 0 Å². The second-order valence-electron chi connectivity index (χ2n) is 11.7. The van der Waals surface area contributed by atoms with Gasteiger partial charge in [0.25, 0.3) is 5.91 Å². The van der Waals surface area contributed by atoms with E-state index < -0.39 is 82.0 Å². The lowest BCUT2D eigenvalue weighted by Crippen LogP contribution is -2.64. The van der Waals surface area contributed by atoms with Crippen LogP contribution < -0.4 is 5.73 Å². The number of Topliss-reactive ketones (excluding diaryl/α,β-unsaturated/α-hetero) is 2. The predicted molar refractivity (Wildman–Crippen MR) is 159 cm³/mol. The number of nitrogens with two attached hydrogens (primary N) is 1. The van der Waals surface area contributed by atoms with Gasteiger partial charge in [0.15, 0.2) is 11.4 Å². The van der Waals surface area contributed by atoms with E-state index in [1.807, 2.05) is 0 Å². The highest BCUT2D eigenvalue weighted by atomic mass is 35.5. The van der Waals surface area contributed by atoms with E-state index in [0.29, 0.717) is 34.6 Å². The SMILES string of the molecule is NC(=O)C1=C(O)[C@@]2(O)C(=O)C3=C(O)c4c(O)cccc4/C(=C\c4ccc(Cl)cc4)[C@H]3C(OC(=O)C3CCCCC3)[C@H]2CC1=O. The van der Waals surface area contributed by atoms with E-state index in [4.69, 9.17) is 22.1 Å². The van der Waals surface area contributed by atoms with Crippen molar-refractivity contribution >= 4 is 52.5 Å². The van der Waals surface area contributed by atoms with Crippen molar-refractivity contribution in [2.45, 2.75) is 50.2 Å². The lowest BCUT2D eigenvalue weighted by molar-refractivity contribution is -0.178. The highest BCUT2D eigenvalue weighted by molar-refractivity contribution is 6.30. The van der Waals surface area contributed by atoms with Crippen LogP contribution in [-0.4, -0.2) is 55.6 Å². The van der Waals surface area contributed by atoms with Crippen molar-refractivity contribution in [1.29, 1.82) is 0 Å². The van der Waals surface area contributed by atoms with Gasteiger partial charge in [-0.2, -0.15) is 0 Å². The number of carbonyl (C=O) groups is 4. The number of phenolic OH excluding ortho intramolecular Hbond substituents is 1. The molecular weight excluding hydrogens is 590 g/mol. The summed E-state index contributed by atoms with van der Waals surface area (Å²) < 4.78 is 6.13. The number of fused-ring (bicyclic) bond motifs is 3. The summed E-state index contributed by atoms with van der Waals surface area (Å²) in [5.41, 5.74) is 2.18. The first kappa shape index (κ1) is 29.7. The Morgan fingerprint density at radius 1 is 1.00 bits per heavy atom. The van der Waals surface area contributed by atoms with Crippen LogP contribution >= 0.6 is 11.6 Å². The molecule has 4 aliphatic rings. The summed E-state index contributed by atoms with van der Waals surface area (Å²) >= 11 is 6.10. The molecule has 2 fully saturated rings. The summed E-state index contributed by atoms with van der Waals surface area (Å²) in [4.78, 5) is 53.3. The van der Waals surface area contributed by atoms with E-state index in [9.17, 15) is 39.6 Å². The molecule has 0 heterocycles. The number of hydrogen-bond acceptors (Lipinski definition) is 9. The zero-order valence-corrected chi connectivity index (χ0v) is 24.2. The number of ketones is 2. The van der Waals surface area contributed by atoms with Gasteiger partial charge in [-0.3, -0.25) is 19.2 Å². The van der Waals surface area contributed by atoms with Gasteiger partial charge >= 0.3 is 5.97 Å². The number of amides is 1. The molecule has 6 N–H and O–H groups in total. The molecule has 0 aliphatic heterocycles. The molecule has 0 saturated heterocycles. The Morgan fingerprint density at radius 2 is 1.68 bits per heavy atom. The van der Waals surface area contributed by atoms with Gasteiger partial charge < -0.3 is 30.9 Å². The van der Waals surface area contributed by atoms with E-state index in [2.05, 4.69) is 0 Å². The zero-order chi connectivity index (χ0) is 31.5. The normalized spacial score (nSPS) is 28.0. The van der Waals surface area contributed by atoms with Crippen LogP contribution in [0.2, 0.25) is 5.02 Å². The van der Waals surface area contributed by atoms with Crippen molar-refractivity contribution in [3.63, 3.8) is 0 Å². The highest BCUT2D eigenvalue weighted by Crippen LogP contribution is 2.56.